The van der Waals surface area contributed by atoms with E-state index >= 15 is 0 Å². The number of nitrogens with one attached hydrogen (secondary N) is 1. The molecule has 2 heterocycles. The molecule has 3 aromatic rings. The SMILES string of the molecule is Cc1cccc(-c2c(C(F)(F)F)c(-c3cnn(C)c(=O)c3Cl)c[nH]c2=O)c1. The summed E-state index contributed by atoms with van der Waals surface area (Å²) in [5.41, 5.74) is -3.19. The summed E-state index contributed by atoms with van der Waals surface area (Å²) in [6, 6.07) is 6.16. The van der Waals surface area contributed by atoms with Crippen LogP contribution < -0.4 is 11.1 Å². The predicted molar refractivity (Wildman–Crippen MR) is 95.7 cm³/mol. The van der Waals surface area contributed by atoms with Gasteiger partial charge in [-0.25, -0.2) is 4.68 Å². The fraction of sp³-hybridized carbons (Fsp3) is 0.167. The Labute approximate surface area is 156 Å². The molecule has 0 amide bonds. The van der Waals surface area contributed by atoms with E-state index in [1.807, 2.05) is 0 Å². The number of nitrogens with zero attached hydrogens (tertiary/aromatic N) is 2. The number of halogens is 4. The summed E-state index contributed by atoms with van der Waals surface area (Å²) in [6.07, 6.45) is -2.91. The zero-order valence-corrected chi connectivity index (χ0v) is 14.9. The largest absolute Gasteiger partial charge is 0.417 e. The van der Waals surface area contributed by atoms with Gasteiger partial charge in [-0.3, -0.25) is 9.59 Å². The van der Waals surface area contributed by atoms with Gasteiger partial charge >= 0.3 is 6.18 Å². The average molecular weight is 396 g/mol. The first-order valence-corrected chi connectivity index (χ1v) is 8.11. The zero-order valence-electron chi connectivity index (χ0n) is 14.2. The van der Waals surface area contributed by atoms with E-state index in [9.17, 15) is 22.8 Å². The summed E-state index contributed by atoms with van der Waals surface area (Å²) in [4.78, 5) is 26.6. The van der Waals surface area contributed by atoms with E-state index in [1.165, 1.54) is 19.2 Å². The van der Waals surface area contributed by atoms with Crippen LogP contribution in [-0.2, 0) is 13.2 Å². The molecule has 3 rings (SSSR count). The van der Waals surface area contributed by atoms with Crippen LogP contribution in [0.3, 0.4) is 0 Å². The van der Waals surface area contributed by atoms with Crippen molar-refractivity contribution in [3.8, 4) is 22.3 Å². The quantitative estimate of drug-likeness (QED) is 0.718. The van der Waals surface area contributed by atoms with E-state index < -0.39 is 39.0 Å². The first-order chi connectivity index (χ1) is 12.6. The summed E-state index contributed by atoms with van der Waals surface area (Å²) in [5.74, 6) is 0. The van der Waals surface area contributed by atoms with Crippen molar-refractivity contribution in [3.05, 3.63) is 73.5 Å². The topological polar surface area (TPSA) is 67.8 Å². The number of hydrogen-bond donors (Lipinski definition) is 1. The highest BCUT2D eigenvalue weighted by Crippen LogP contribution is 2.42. The van der Waals surface area contributed by atoms with Gasteiger partial charge in [0, 0.05) is 24.4 Å². The Hall–Kier alpha value is -2.87. The summed E-state index contributed by atoms with van der Waals surface area (Å²) in [7, 11) is 1.33. The first kappa shape index (κ1) is 18.9. The summed E-state index contributed by atoms with van der Waals surface area (Å²) >= 11 is 5.99. The number of rotatable bonds is 2. The Balaban J connectivity index is 2.45. The van der Waals surface area contributed by atoms with Crippen molar-refractivity contribution in [3.63, 3.8) is 0 Å². The average Bonchev–Trinajstić information content (AvgIpc) is 2.59. The van der Waals surface area contributed by atoms with Gasteiger partial charge in [0.25, 0.3) is 11.1 Å². The number of aromatic nitrogens is 3. The van der Waals surface area contributed by atoms with Crippen LogP contribution in [0.25, 0.3) is 22.3 Å². The highest BCUT2D eigenvalue weighted by Gasteiger charge is 2.39. The second-order valence-electron chi connectivity index (χ2n) is 5.95. The molecule has 0 fully saturated rings. The van der Waals surface area contributed by atoms with Gasteiger partial charge < -0.3 is 4.98 Å². The number of hydrogen-bond acceptors (Lipinski definition) is 3. The lowest BCUT2D eigenvalue weighted by atomic mass is 9.93. The molecule has 0 spiro atoms. The number of benzene rings is 1. The number of alkyl halides is 3. The normalized spacial score (nSPS) is 11.6. The minimum Gasteiger partial charge on any atom is -0.328 e. The van der Waals surface area contributed by atoms with Gasteiger partial charge in [0.2, 0.25) is 0 Å². The summed E-state index contributed by atoms with van der Waals surface area (Å²) < 4.78 is 42.8. The van der Waals surface area contributed by atoms with Crippen LogP contribution in [0.5, 0.6) is 0 Å². The highest BCUT2D eigenvalue weighted by atomic mass is 35.5. The molecule has 0 radical (unpaired) electrons. The van der Waals surface area contributed by atoms with Gasteiger partial charge in [-0.1, -0.05) is 41.4 Å². The number of pyridine rings is 1. The number of aromatic amines is 1. The smallest absolute Gasteiger partial charge is 0.328 e. The fourth-order valence-corrected chi connectivity index (χ4v) is 3.08. The van der Waals surface area contributed by atoms with Gasteiger partial charge in [-0.2, -0.15) is 18.3 Å². The Kier molecular flexibility index (Phi) is 4.69. The van der Waals surface area contributed by atoms with Gasteiger partial charge in [0.05, 0.1) is 17.3 Å². The van der Waals surface area contributed by atoms with Crippen LogP contribution in [0.15, 0.2) is 46.2 Å². The van der Waals surface area contributed by atoms with Gasteiger partial charge in [-0.15, -0.1) is 0 Å². The standard InChI is InChI=1S/C18H13ClF3N3O2/c1-9-4-3-5-10(6-9)13-14(18(20,21)22)11(7-23-16(13)26)12-8-24-25(2)17(27)15(12)19/h3-8H,1-2H3,(H,23,26). The molecule has 1 aromatic carbocycles. The monoisotopic (exact) mass is 395 g/mol. The third-order valence-corrected chi connectivity index (χ3v) is 4.42. The third kappa shape index (κ3) is 3.40. The van der Waals surface area contributed by atoms with Crippen molar-refractivity contribution >= 4 is 11.6 Å². The molecule has 0 saturated heterocycles. The molecule has 0 aliphatic rings. The van der Waals surface area contributed by atoms with Crippen LogP contribution in [0.4, 0.5) is 13.2 Å². The Morgan fingerprint density at radius 2 is 1.89 bits per heavy atom. The molecule has 2 aromatic heterocycles. The van der Waals surface area contributed by atoms with E-state index in [2.05, 4.69) is 10.1 Å². The second-order valence-corrected chi connectivity index (χ2v) is 6.33. The number of aryl methyl sites for hydroxylation is 2. The van der Waals surface area contributed by atoms with Crippen molar-refractivity contribution in [1.29, 1.82) is 0 Å². The Morgan fingerprint density at radius 3 is 2.52 bits per heavy atom. The highest BCUT2D eigenvalue weighted by molar-refractivity contribution is 6.33. The van der Waals surface area contributed by atoms with Gasteiger partial charge in [-0.05, 0) is 12.5 Å². The lowest BCUT2D eigenvalue weighted by Crippen LogP contribution is -2.22. The van der Waals surface area contributed by atoms with E-state index in [0.717, 1.165) is 17.1 Å². The molecule has 9 heteroatoms. The Morgan fingerprint density at radius 1 is 1.19 bits per heavy atom. The fourth-order valence-electron chi connectivity index (χ4n) is 2.81. The van der Waals surface area contributed by atoms with Crippen molar-refractivity contribution in [2.75, 3.05) is 0 Å². The minimum atomic E-state index is -4.87. The molecule has 0 aliphatic heterocycles. The molecule has 0 unspecified atom stereocenters. The van der Waals surface area contributed by atoms with Crippen molar-refractivity contribution in [2.24, 2.45) is 7.05 Å². The molecule has 140 valence electrons. The van der Waals surface area contributed by atoms with Crippen molar-refractivity contribution in [2.45, 2.75) is 13.1 Å². The lowest BCUT2D eigenvalue weighted by molar-refractivity contribution is -0.136. The first-order valence-electron chi connectivity index (χ1n) is 7.73. The summed E-state index contributed by atoms with van der Waals surface area (Å²) in [5, 5.41) is 3.32. The second kappa shape index (κ2) is 6.70. The maximum atomic E-state index is 14.0. The minimum absolute atomic E-state index is 0.110. The maximum Gasteiger partial charge on any atom is 0.417 e. The van der Waals surface area contributed by atoms with Crippen LogP contribution in [0.1, 0.15) is 11.1 Å². The molecule has 0 atom stereocenters. The number of H-pyrrole nitrogens is 1. The van der Waals surface area contributed by atoms with Gasteiger partial charge in [0.1, 0.15) is 5.02 Å². The summed E-state index contributed by atoms with van der Waals surface area (Å²) in [6.45, 7) is 1.70. The third-order valence-electron chi connectivity index (χ3n) is 4.05. The van der Waals surface area contributed by atoms with Crippen LogP contribution in [0.2, 0.25) is 5.02 Å². The predicted octanol–water partition coefficient (Wildman–Crippen LogP) is 3.78. The van der Waals surface area contributed by atoms with Gasteiger partial charge in [0.15, 0.2) is 0 Å². The molecule has 5 nitrogen and oxygen atoms in total. The molecule has 0 saturated carbocycles. The van der Waals surface area contributed by atoms with Crippen molar-refractivity contribution < 1.29 is 13.2 Å². The van der Waals surface area contributed by atoms with E-state index in [-0.39, 0.29) is 11.1 Å². The van der Waals surface area contributed by atoms with E-state index in [4.69, 9.17) is 11.6 Å². The van der Waals surface area contributed by atoms with Crippen LogP contribution >= 0.6 is 11.6 Å². The molecule has 27 heavy (non-hydrogen) atoms. The molecule has 0 aliphatic carbocycles. The molecular weight excluding hydrogens is 383 g/mol. The molecular formula is C18H13ClF3N3O2. The molecule has 1 N–H and O–H groups in total. The van der Waals surface area contributed by atoms with Crippen LogP contribution in [-0.4, -0.2) is 14.8 Å². The van der Waals surface area contributed by atoms with Crippen LogP contribution in [0, 0.1) is 6.92 Å². The molecule has 0 bridgehead atoms. The van der Waals surface area contributed by atoms with Crippen molar-refractivity contribution in [1.82, 2.24) is 14.8 Å². The maximum absolute atomic E-state index is 14.0. The van der Waals surface area contributed by atoms with E-state index in [0.29, 0.717) is 5.56 Å². The zero-order chi connectivity index (χ0) is 19.9. The Bertz CT molecular complexity index is 1150. The lowest BCUT2D eigenvalue weighted by Gasteiger charge is -2.18. The van der Waals surface area contributed by atoms with E-state index in [1.54, 1.807) is 19.1 Å².